The van der Waals surface area contributed by atoms with Gasteiger partial charge < -0.3 is 10.4 Å². The molecule has 0 aromatic carbocycles. The smallest absolute Gasteiger partial charge is 0.253 e. The van der Waals surface area contributed by atoms with Gasteiger partial charge in [0.15, 0.2) is 5.65 Å². The van der Waals surface area contributed by atoms with Gasteiger partial charge in [-0.3, -0.25) is 4.79 Å². The largest absolute Gasteiger partial charge is 0.390 e. The van der Waals surface area contributed by atoms with E-state index < -0.39 is 5.60 Å². The van der Waals surface area contributed by atoms with E-state index in [0.717, 1.165) is 49.7 Å². The third kappa shape index (κ3) is 3.70. The molecule has 0 unspecified atom stereocenters. The van der Waals surface area contributed by atoms with Crippen molar-refractivity contribution in [1.82, 2.24) is 20.3 Å². The summed E-state index contributed by atoms with van der Waals surface area (Å²) < 4.78 is 0. The second-order valence-corrected chi connectivity index (χ2v) is 8.31. The summed E-state index contributed by atoms with van der Waals surface area (Å²) in [5.74, 6) is 1.56. The minimum Gasteiger partial charge on any atom is -0.390 e. The van der Waals surface area contributed by atoms with Crippen molar-refractivity contribution in [1.29, 1.82) is 0 Å². The summed E-state index contributed by atoms with van der Waals surface area (Å²) >= 11 is 0. The van der Waals surface area contributed by atoms with Crippen LogP contribution in [-0.4, -0.2) is 37.6 Å². The minimum absolute atomic E-state index is 0.0996. The van der Waals surface area contributed by atoms with Gasteiger partial charge in [0, 0.05) is 29.7 Å². The Morgan fingerprint density at radius 3 is 2.50 bits per heavy atom. The van der Waals surface area contributed by atoms with Gasteiger partial charge in [0.05, 0.1) is 11.2 Å². The van der Waals surface area contributed by atoms with Gasteiger partial charge in [0.1, 0.15) is 5.82 Å². The Morgan fingerprint density at radius 1 is 1.12 bits per heavy atom. The van der Waals surface area contributed by atoms with Crippen LogP contribution in [0.2, 0.25) is 0 Å². The number of aromatic nitrogens is 3. The molecule has 2 fully saturated rings. The fourth-order valence-electron chi connectivity index (χ4n) is 3.81. The van der Waals surface area contributed by atoms with Gasteiger partial charge in [-0.05, 0) is 64.4 Å². The van der Waals surface area contributed by atoms with E-state index in [0.29, 0.717) is 23.0 Å². The molecule has 2 aliphatic carbocycles. The Kier molecular flexibility index (Phi) is 4.39. The van der Waals surface area contributed by atoms with Crippen molar-refractivity contribution in [3.63, 3.8) is 0 Å². The van der Waals surface area contributed by atoms with E-state index in [1.54, 1.807) is 12.4 Å². The molecule has 2 heterocycles. The lowest BCUT2D eigenvalue weighted by molar-refractivity contribution is -0.00257. The van der Waals surface area contributed by atoms with Crippen molar-refractivity contribution in [2.24, 2.45) is 5.92 Å². The van der Waals surface area contributed by atoms with Crippen molar-refractivity contribution >= 4 is 16.9 Å². The molecule has 2 aromatic rings. The summed E-state index contributed by atoms with van der Waals surface area (Å²) in [4.78, 5) is 25.9. The molecule has 0 saturated heterocycles. The minimum atomic E-state index is -0.642. The maximum Gasteiger partial charge on any atom is 0.253 e. The van der Waals surface area contributed by atoms with Gasteiger partial charge in [-0.25, -0.2) is 15.0 Å². The van der Waals surface area contributed by atoms with Crippen LogP contribution in [0.3, 0.4) is 0 Å². The lowest BCUT2D eigenvalue weighted by atomic mass is 9.77. The van der Waals surface area contributed by atoms with E-state index in [-0.39, 0.29) is 11.9 Å². The first-order valence-corrected chi connectivity index (χ1v) is 9.56. The normalized spacial score (nSPS) is 23.8. The van der Waals surface area contributed by atoms with E-state index >= 15 is 0 Å². The quantitative estimate of drug-likeness (QED) is 0.881. The fraction of sp³-hybridized carbons (Fsp3) is 0.600. The molecule has 4 rings (SSSR count). The number of nitrogens with zero attached hydrogens (tertiary/aromatic N) is 3. The number of amides is 1. The van der Waals surface area contributed by atoms with Crippen LogP contribution in [-0.2, 0) is 0 Å². The first-order valence-electron chi connectivity index (χ1n) is 9.56. The van der Waals surface area contributed by atoms with Crippen molar-refractivity contribution < 1.29 is 9.90 Å². The first kappa shape index (κ1) is 17.3. The molecule has 2 saturated carbocycles. The van der Waals surface area contributed by atoms with Crippen molar-refractivity contribution in [2.45, 2.75) is 69.9 Å². The van der Waals surface area contributed by atoms with Crippen LogP contribution in [0.4, 0.5) is 0 Å². The number of hydrogen-bond acceptors (Lipinski definition) is 5. The molecule has 0 atom stereocenters. The molecule has 138 valence electrons. The first-order chi connectivity index (χ1) is 12.4. The topological polar surface area (TPSA) is 88.0 Å². The highest BCUT2D eigenvalue weighted by molar-refractivity contribution is 5.96. The Labute approximate surface area is 153 Å². The molecular formula is C20H26N4O2. The maximum atomic E-state index is 12.6. The van der Waals surface area contributed by atoms with Crippen LogP contribution in [0.1, 0.15) is 74.5 Å². The van der Waals surface area contributed by atoms with Gasteiger partial charge >= 0.3 is 0 Å². The molecule has 0 radical (unpaired) electrons. The molecule has 0 spiro atoms. The lowest BCUT2D eigenvalue weighted by Gasteiger charge is -2.36. The van der Waals surface area contributed by atoms with Crippen molar-refractivity contribution in [3.8, 4) is 0 Å². The summed E-state index contributed by atoms with van der Waals surface area (Å²) in [6, 6.07) is 1.97. The molecule has 0 bridgehead atoms. The van der Waals surface area contributed by atoms with E-state index in [9.17, 15) is 9.90 Å². The molecular weight excluding hydrogens is 328 g/mol. The number of carbonyl (C=O) groups is 1. The Morgan fingerprint density at radius 2 is 1.85 bits per heavy atom. The molecule has 6 nitrogen and oxygen atoms in total. The van der Waals surface area contributed by atoms with E-state index in [4.69, 9.17) is 0 Å². The van der Waals surface area contributed by atoms with Crippen molar-refractivity contribution in [2.75, 3.05) is 0 Å². The second kappa shape index (κ2) is 6.58. The Bertz CT molecular complexity index is 818. The summed E-state index contributed by atoms with van der Waals surface area (Å²) in [5, 5.41) is 14.0. The van der Waals surface area contributed by atoms with E-state index in [1.165, 1.54) is 0 Å². The summed E-state index contributed by atoms with van der Waals surface area (Å²) in [7, 11) is 0. The van der Waals surface area contributed by atoms with Crippen LogP contribution in [0.15, 0.2) is 18.5 Å². The number of hydrogen-bond donors (Lipinski definition) is 2. The molecule has 1 amide bonds. The molecule has 26 heavy (non-hydrogen) atoms. The van der Waals surface area contributed by atoms with Crippen LogP contribution in [0, 0.1) is 5.92 Å². The van der Waals surface area contributed by atoms with Crippen LogP contribution in [0.5, 0.6) is 0 Å². The van der Waals surface area contributed by atoms with Gasteiger partial charge in [-0.1, -0.05) is 0 Å². The average Bonchev–Trinajstić information content (AvgIpc) is 3.45. The number of fused-ring (bicyclic) bond motifs is 1. The molecule has 2 aromatic heterocycles. The fourth-order valence-corrected chi connectivity index (χ4v) is 3.81. The maximum absolute atomic E-state index is 12.6. The Balaban J connectivity index is 1.41. The van der Waals surface area contributed by atoms with Gasteiger partial charge in [0.25, 0.3) is 5.91 Å². The van der Waals surface area contributed by atoms with E-state index in [2.05, 4.69) is 20.3 Å². The third-order valence-corrected chi connectivity index (χ3v) is 5.72. The zero-order valence-corrected chi connectivity index (χ0v) is 15.4. The number of rotatable bonds is 4. The standard InChI is InChI=1S/C20H26N4O2/c1-20(2,26)15-5-7-16(8-6-15)23-19(25)14-9-13-10-21-17(12-3-4-12)24-18(13)22-11-14/h9-12,15-16,26H,3-8H2,1-2H3,(H,23,25). The van der Waals surface area contributed by atoms with Crippen LogP contribution >= 0.6 is 0 Å². The highest BCUT2D eigenvalue weighted by Crippen LogP contribution is 2.38. The zero-order valence-electron chi connectivity index (χ0n) is 15.4. The SMILES string of the molecule is CC(C)(O)C1CCC(NC(=O)c2cnc3nc(C4CC4)ncc3c2)CC1. The van der Waals surface area contributed by atoms with Gasteiger partial charge in [-0.15, -0.1) is 0 Å². The lowest BCUT2D eigenvalue weighted by Crippen LogP contribution is -2.41. The monoisotopic (exact) mass is 354 g/mol. The van der Waals surface area contributed by atoms with Gasteiger partial charge in [-0.2, -0.15) is 0 Å². The number of carbonyl (C=O) groups excluding carboxylic acids is 1. The summed E-state index contributed by atoms with van der Waals surface area (Å²) in [5.41, 5.74) is 0.560. The van der Waals surface area contributed by atoms with Gasteiger partial charge in [0.2, 0.25) is 0 Å². The van der Waals surface area contributed by atoms with Crippen LogP contribution < -0.4 is 5.32 Å². The van der Waals surface area contributed by atoms with E-state index in [1.807, 2.05) is 19.9 Å². The summed E-state index contributed by atoms with van der Waals surface area (Å²) in [6.45, 7) is 3.74. The third-order valence-electron chi connectivity index (χ3n) is 5.72. The average molecular weight is 354 g/mol. The molecule has 2 aliphatic rings. The number of aliphatic hydroxyl groups is 1. The van der Waals surface area contributed by atoms with Crippen LogP contribution in [0.25, 0.3) is 11.0 Å². The molecule has 6 heteroatoms. The van der Waals surface area contributed by atoms with Crippen molar-refractivity contribution in [3.05, 3.63) is 29.8 Å². The molecule has 0 aliphatic heterocycles. The predicted molar refractivity (Wildman–Crippen MR) is 98.8 cm³/mol. The second-order valence-electron chi connectivity index (χ2n) is 8.31. The summed E-state index contributed by atoms with van der Waals surface area (Å²) in [6.07, 6.45) is 9.34. The highest BCUT2D eigenvalue weighted by Gasteiger charge is 2.32. The number of pyridine rings is 1. The Hall–Kier alpha value is -2.08. The molecule has 2 N–H and O–H groups in total. The number of nitrogens with one attached hydrogen (secondary N) is 1. The predicted octanol–water partition coefficient (Wildman–Crippen LogP) is 2.96. The zero-order chi connectivity index (χ0) is 18.3. The highest BCUT2D eigenvalue weighted by atomic mass is 16.3.